The van der Waals surface area contributed by atoms with Crippen molar-refractivity contribution in [3.8, 4) is 0 Å². The van der Waals surface area contributed by atoms with E-state index in [0.29, 0.717) is 0 Å². The molecule has 1 aliphatic carbocycles. The fraction of sp³-hybridized carbons (Fsp3) is 0.562. The number of nitrogens with one attached hydrogen (secondary N) is 1. The van der Waals surface area contributed by atoms with E-state index < -0.39 is 0 Å². The Hall–Kier alpha value is -1.31. The minimum Gasteiger partial charge on any atom is -0.356 e. The van der Waals surface area contributed by atoms with Gasteiger partial charge in [-0.2, -0.15) is 0 Å². The predicted molar refractivity (Wildman–Crippen MR) is 74.3 cm³/mol. The zero-order valence-corrected chi connectivity index (χ0v) is 11.2. The first-order valence-electron chi connectivity index (χ1n) is 7.03. The molecular weight excluding hydrogens is 222 g/mol. The van der Waals surface area contributed by atoms with E-state index in [4.69, 9.17) is 0 Å². The van der Waals surface area contributed by atoms with Crippen LogP contribution in [0.3, 0.4) is 0 Å². The molecule has 1 saturated carbocycles. The summed E-state index contributed by atoms with van der Waals surface area (Å²) >= 11 is 0. The van der Waals surface area contributed by atoms with Crippen molar-refractivity contribution >= 4 is 5.91 Å². The lowest BCUT2D eigenvalue weighted by atomic mass is 9.88. The summed E-state index contributed by atoms with van der Waals surface area (Å²) < 4.78 is 0. The normalized spacial score (nSPS) is 17.6. The summed E-state index contributed by atoms with van der Waals surface area (Å²) in [4.78, 5) is 12.1. The second-order valence-electron chi connectivity index (χ2n) is 5.61. The van der Waals surface area contributed by atoms with Crippen molar-refractivity contribution in [3.05, 3.63) is 35.9 Å². The van der Waals surface area contributed by atoms with Crippen LogP contribution in [0.25, 0.3) is 0 Å². The highest BCUT2D eigenvalue weighted by Crippen LogP contribution is 2.37. The zero-order chi connectivity index (χ0) is 12.8. The van der Waals surface area contributed by atoms with Crippen LogP contribution in [-0.2, 0) is 11.2 Å². The van der Waals surface area contributed by atoms with Gasteiger partial charge in [-0.1, -0.05) is 50.1 Å². The Bertz CT molecular complexity index is 379. The van der Waals surface area contributed by atoms with Gasteiger partial charge < -0.3 is 5.32 Å². The van der Waals surface area contributed by atoms with E-state index in [2.05, 4.69) is 36.5 Å². The van der Waals surface area contributed by atoms with Gasteiger partial charge >= 0.3 is 0 Å². The molecule has 0 bridgehead atoms. The Labute approximate surface area is 110 Å². The van der Waals surface area contributed by atoms with Crippen LogP contribution in [0.15, 0.2) is 30.3 Å². The molecule has 1 fully saturated rings. The van der Waals surface area contributed by atoms with Gasteiger partial charge in [-0.25, -0.2) is 0 Å². The van der Waals surface area contributed by atoms with Crippen LogP contribution >= 0.6 is 0 Å². The molecule has 1 amide bonds. The van der Waals surface area contributed by atoms with Gasteiger partial charge in [-0.05, 0) is 31.2 Å². The second kappa shape index (κ2) is 6.03. The number of hydrogen-bond acceptors (Lipinski definition) is 1. The number of carbonyl (C=O) groups excluding carboxylic acids is 1. The Morgan fingerprint density at radius 1 is 1.22 bits per heavy atom. The van der Waals surface area contributed by atoms with Crippen LogP contribution in [0.5, 0.6) is 0 Å². The van der Waals surface area contributed by atoms with Gasteiger partial charge in [0.1, 0.15) is 0 Å². The van der Waals surface area contributed by atoms with Gasteiger partial charge in [0.15, 0.2) is 0 Å². The molecule has 18 heavy (non-hydrogen) atoms. The van der Waals surface area contributed by atoms with Crippen molar-refractivity contribution in [2.24, 2.45) is 5.41 Å². The molecule has 0 atom stereocenters. The van der Waals surface area contributed by atoms with Gasteiger partial charge in [-0.15, -0.1) is 0 Å². The van der Waals surface area contributed by atoms with Crippen molar-refractivity contribution in [1.82, 2.24) is 5.32 Å². The summed E-state index contributed by atoms with van der Waals surface area (Å²) in [6.07, 6.45) is 6.57. The molecular formula is C16H23NO. The number of carbonyl (C=O) groups is 1. The first-order valence-corrected chi connectivity index (χ1v) is 7.03. The van der Waals surface area contributed by atoms with Crippen LogP contribution in [0.2, 0.25) is 0 Å². The Morgan fingerprint density at radius 3 is 2.56 bits per heavy atom. The van der Waals surface area contributed by atoms with E-state index in [1.165, 1.54) is 18.4 Å². The first kappa shape index (κ1) is 13.1. The van der Waals surface area contributed by atoms with E-state index in [1.54, 1.807) is 0 Å². The van der Waals surface area contributed by atoms with Crippen LogP contribution in [0.1, 0.15) is 44.6 Å². The summed E-state index contributed by atoms with van der Waals surface area (Å²) in [6, 6.07) is 10.4. The molecule has 2 rings (SSSR count). The Balaban J connectivity index is 1.68. The summed E-state index contributed by atoms with van der Waals surface area (Å²) in [5.74, 6) is 0.257. The molecule has 2 heteroatoms. The highest BCUT2D eigenvalue weighted by atomic mass is 16.2. The molecule has 1 N–H and O–H groups in total. The number of hydrogen-bond donors (Lipinski definition) is 1. The second-order valence-corrected chi connectivity index (χ2v) is 5.61. The van der Waals surface area contributed by atoms with Gasteiger partial charge in [0, 0.05) is 12.0 Å². The van der Waals surface area contributed by atoms with Crippen molar-refractivity contribution in [2.75, 3.05) is 6.54 Å². The third-order valence-corrected chi connectivity index (χ3v) is 4.03. The molecule has 0 saturated heterocycles. The molecule has 0 spiro atoms. The molecule has 2 nitrogen and oxygen atoms in total. The monoisotopic (exact) mass is 245 g/mol. The van der Waals surface area contributed by atoms with Crippen molar-refractivity contribution in [1.29, 1.82) is 0 Å². The lowest BCUT2D eigenvalue weighted by molar-refractivity contribution is -0.129. The number of rotatable bonds is 5. The third-order valence-electron chi connectivity index (χ3n) is 4.03. The standard InChI is InChI=1S/C16H23NO/c1-16(11-5-6-12-16)15(18)17-13-7-10-14-8-3-2-4-9-14/h2-4,8-9H,5-7,10-13H2,1H3,(H,17,18). The van der Waals surface area contributed by atoms with E-state index in [0.717, 1.165) is 32.2 Å². The SMILES string of the molecule is CC1(C(=O)NCCCc2ccccc2)CCCC1. The van der Waals surface area contributed by atoms with Crippen LogP contribution < -0.4 is 5.32 Å². The Morgan fingerprint density at radius 2 is 1.89 bits per heavy atom. The molecule has 1 aromatic carbocycles. The smallest absolute Gasteiger partial charge is 0.225 e. The topological polar surface area (TPSA) is 29.1 Å². The lowest BCUT2D eigenvalue weighted by Gasteiger charge is -2.22. The molecule has 0 unspecified atom stereocenters. The highest BCUT2D eigenvalue weighted by Gasteiger charge is 2.35. The molecule has 0 heterocycles. The fourth-order valence-electron chi connectivity index (χ4n) is 2.73. The largest absolute Gasteiger partial charge is 0.356 e. The van der Waals surface area contributed by atoms with Crippen molar-refractivity contribution in [2.45, 2.75) is 45.4 Å². The van der Waals surface area contributed by atoms with Crippen LogP contribution in [0, 0.1) is 5.41 Å². The zero-order valence-electron chi connectivity index (χ0n) is 11.2. The molecule has 98 valence electrons. The minimum absolute atomic E-state index is 0.0905. The predicted octanol–water partition coefficient (Wildman–Crippen LogP) is 3.32. The van der Waals surface area contributed by atoms with Gasteiger partial charge in [-0.3, -0.25) is 4.79 Å². The maximum atomic E-state index is 12.1. The Kier molecular flexibility index (Phi) is 4.40. The maximum Gasteiger partial charge on any atom is 0.225 e. The summed E-state index contributed by atoms with van der Waals surface area (Å²) in [6.45, 7) is 2.90. The third kappa shape index (κ3) is 3.34. The summed E-state index contributed by atoms with van der Waals surface area (Å²) in [7, 11) is 0. The average molecular weight is 245 g/mol. The van der Waals surface area contributed by atoms with Crippen molar-refractivity contribution < 1.29 is 4.79 Å². The number of amides is 1. The van der Waals surface area contributed by atoms with E-state index in [9.17, 15) is 4.79 Å². The van der Waals surface area contributed by atoms with E-state index in [-0.39, 0.29) is 11.3 Å². The fourth-order valence-corrected chi connectivity index (χ4v) is 2.73. The molecule has 0 aliphatic heterocycles. The number of benzene rings is 1. The molecule has 1 aliphatic rings. The van der Waals surface area contributed by atoms with Crippen molar-refractivity contribution in [3.63, 3.8) is 0 Å². The minimum atomic E-state index is -0.0905. The van der Waals surface area contributed by atoms with Crippen LogP contribution in [-0.4, -0.2) is 12.5 Å². The lowest BCUT2D eigenvalue weighted by Crippen LogP contribution is -2.37. The molecule has 0 aromatic heterocycles. The quantitative estimate of drug-likeness (QED) is 0.792. The number of aryl methyl sites for hydroxylation is 1. The molecule has 0 radical (unpaired) electrons. The van der Waals surface area contributed by atoms with E-state index >= 15 is 0 Å². The average Bonchev–Trinajstić information content (AvgIpc) is 2.84. The highest BCUT2D eigenvalue weighted by molar-refractivity contribution is 5.82. The first-order chi connectivity index (χ1) is 8.71. The van der Waals surface area contributed by atoms with Gasteiger partial charge in [0.25, 0.3) is 0 Å². The summed E-state index contributed by atoms with van der Waals surface area (Å²) in [5.41, 5.74) is 1.26. The van der Waals surface area contributed by atoms with Gasteiger partial charge in [0.2, 0.25) is 5.91 Å². The van der Waals surface area contributed by atoms with Gasteiger partial charge in [0.05, 0.1) is 0 Å². The van der Waals surface area contributed by atoms with Crippen LogP contribution in [0.4, 0.5) is 0 Å². The summed E-state index contributed by atoms with van der Waals surface area (Å²) in [5, 5.41) is 3.10. The molecule has 1 aromatic rings. The van der Waals surface area contributed by atoms with E-state index in [1.807, 2.05) is 6.07 Å². The maximum absolute atomic E-state index is 12.1.